The Balaban J connectivity index is 1.54. The first-order valence-corrected chi connectivity index (χ1v) is 15.2. The summed E-state index contributed by atoms with van der Waals surface area (Å²) in [5, 5.41) is 19.8. The highest BCUT2D eigenvalue weighted by molar-refractivity contribution is 6.46. The van der Waals surface area contributed by atoms with Crippen molar-refractivity contribution < 1.29 is 4.42 Å². The van der Waals surface area contributed by atoms with Crippen molar-refractivity contribution in [3.63, 3.8) is 0 Å². The molecule has 0 aliphatic rings. The van der Waals surface area contributed by atoms with Crippen molar-refractivity contribution in [2.75, 3.05) is 0 Å². The number of pyridine rings is 1. The van der Waals surface area contributed by atoms with Crippen LogP contribution in [0.4, 0.5) is 0 Å². The molecule has 2 nitrogen and oxygen atoms in total. The molecule has 2 aromatic heterocycles. The average Bonchev–Trinajstić information content (AvgIpc) is 3.09. The number of hydrogen-bond acceptors (Lipinski definition) is 1. The lowest BCUT2D eigenvalue weighted by Crippen LogP contribution is -1.94. The monoisotopic (exact) mass is 557 g/mol. The third-order valence-electron chi connectivity index (χ3n) is 9.92. The zero-order chi connectivity index (χ0) is 28.5. The van der Waals surface area contributed by atoms with Gasteiger partial charge in [-0.05, 0) is 55.2 Å². The number of rotatable bonds is 0. The number of hydrogen-bond donors (Lipinski definition) is 1. The lowest BCUT2D eigenvalue weighted by atomic mass is 9.86. The minimum atomic E-state index is 0.916. The zero-order valence-electron chi connectivity index (χ0n) is 23.6. The molecular formula is C42H23NO. The molecule has 0 aliphatic heterocycles. The highest BCUT2D eigenvalue weighted by Gasteiger charge is 2.23. The summed E-state index contributed by atoms with van der Waals surface area (Å²) >= 11 is 0. The summed E-state index contributed by atoms with van der Waals surface area (Å²) in [7, 11) is 0. The predicted molar refractivity (Wildman–Crippen MR) is 188 cm³/mol. The first kappa shape index (κ1) is 22.7. The molecule has 2 heterocycles. The summed E-state index contributed by atoms with van der Waals surface area (Å²) in [6.45, 7) is 0. The number of fused-ring (bicyclic) bond motifs is 16. The second kappa shape index (κ2) is 7.94. The van der Waals surface area contributed by atoms with Crippen LogP contribution in [0.1, 0.15) is 0 Å². The molecule has 0 radical (unpaired) electrons. The van der Waals surface area contributed by atoms with Crippen LogP contribution in [0.25, 0.3) is 108 Å². The van der Waals surface area contributed by atoms with E-state index in [9.17, 15) is 0 Å². The van der Waals surface area contributed by atoms with Gasteiger partial charge >= 0.3 is 0 Å². The van der Waals surface area contributed by atoms with Gasteiger partial charge in [-0.2, -0.15) is 0 Å². The fourth-order valence-electron chi connectivity index (χ4n) is 8.24. The Morgan fingerprint density at radius 2 is 0.795 bits per heavy atom. The van der Waals surface area contributed by atoms with Crippen LogP contribution in [0.15, 0.2) is 138 Å². The zero-order valence-corrected chi connectivity index (χ0v) is 23.6. The molecule has 0 saturated carbocycles. The van der Waals surface area contributed by atoms with E-state index in [0.717, 1.165) is 22.1 Å². The Kier molecular flexibility index (Phi) is 4.10. The van der Waals surface area contributed by atoms with Gasteiger partial charge < -0.3 is 9.40 Å². The second-order valence-electron chi connectivity index (χ2n) is 12.0. The van der Waals surface area contributed by atoms with Crippen LogP contribution >= 0.6 is 0 Å². The average molecular weight is 558 g/mol. The number of H-pyrrole nitrogens is 1. The Hall–Kier alpha value is -5.86. The molecular weight excluding hydrogens is 534 g/mol. The van der Waals surface area contributed by atoms with E-state index in [4.69, 9.17) is 4.42 Å². The van der Waals surface area contributed by atoms with Gasteiger partial charge in [0.05, 0.1) is 5.52 Å². The van der Waals surface area contributed by atoms with E-state index >= 15 is 0 Å². The van der Waals surface area contributed by atoms with Gasteiger partial charge in [-0.3, -0.25) is 0 Å². The SMILES string of the molecule is c1ccc2c(c1)c1ccccc1c1c2[nH]c2cccc3c2c1c1cccc2oc4c5ccccc5c5ccccc5c4c3c21. The summed E-state index contributed by atoms with van der Waals surface area (Å²) in [5.41, 5.74) is 4.18. The Morgan fingerprint density at radius 3 is 1.50 bits per heavy atom. The van der Waals surface area contributed by atoms with Gasteiger partial charge in [0.25, 0.3) is 0 Å². The molecule has 0 fully saturated rings. The first-order valence-electron chi connectivity index (χ1n) is 15.2. The topological polar surface area (TPSA) is 28.9 Å². The Labute approximate surface area is 250 Å². The van der Waals surface area contributed by atoms with E-state index in [1.54, 1.807) is 0 Å². The van der Waals surface area contributed by atoms with Crippen LogP contribution in [0.3, 0.4) is 0 Å². The maximum Gasteiger partial charge on any atom is 0.143 e. The first-order chi connectivity index (χ1) is 21.9. The fraction of sp³-hybridized carbons (Fsp3) is 0. The number of aromatic nitrogens is 1. The van der Waals surface area contributed by atoms with Crippen LogP contribution in [0, 0.1) is 0 Å². The molecule has 0 unspecified atom stereocenters. The van der Waals surface area contributed by atoms with Gasteiger partial charge in [-0.1, -0.05) is 121 Å². The van der Waals surface area contributed by atoms with Crippen LogP contribution in [-0.4, -0.2) is 4.98 Å². The number of benzene rings is 9. The van der Waals surface area contributed by atoms with Crippen molar-refractivity contribution in [1.29, 1.82) is 0 Å². The number of aromatic amines is 1. The lowest BCUT2D eigenvalue weighted by Gasteiger charge is -2.20. The molecule has 0 amide bonds. The summed E-state index contributed by atoms with van der Waals surface area (Å²) in [6.07, 6.45) is 0. The molecule has 0 atom stereocenters. The molecule has 2 heteroatoms. The van der Waals surface area contributed by atoms with Gasteiger partial charge in [-0.15, -0.1) is 0 Å². The number of nitrogens with one attached hydrogen (secondary N) is 1. The maximum absolute atomic E-state index is 7.00. The lowest BCUT2D eigenvalue weighted by molar-refractivity contribution is 0.666. The molecule has 0 aliphatic carbocycles. The van der Waals surface area contributed by atoms with Crippen LogP contribution in [0.5, 0.6) is 0 Å². The van der Waals surface area contributed by atoms with Crippen LogP contribution in [0.2, 0.25) is 0 Å². The van der Waals surface area contributed by atoms with Crippen molar-refractivity contribution in [3.8, 4) is 0 Å². The van der Waals surface area contributed by atoms with E-state index in [1.807, 2.05) is 0 Å². The minimum Gasteiger partial charge on any atom is -0.455 e. The molecule has 202 valence electrons. The van der Waals surface area contributed by atoms with Crippen molar-refractivity contribution in [2.24, 2.45) is 0 Å². The van der Waals surface area contributed by atoms with E-state index < -0.39 is 0 Å². The predicted octanol–water partition coefficient (Wildman–Crippen LogP) is 12.1. The van der Waals surface area contributed by atoms with Crippen molar-refractivity contribution >= 4 is 108 Å². The van der Waals surface area contributed by atoms with Crippen molar-refractivity contribution in [3.05, 3.63) is 133 Å². The van der Waals surface area contributed by atoms with Gasteiger partial charge in [0.15, 0.2) is 0 Å². The summed E-state index contributed by atoms with van der Waals surface area (Å²) in [6, 6.07) is 48.4. The molecule has 9 aromatic carbocycles. The third-order valence-corrected chi connectivity index (χ3v) is 9.92. The van der Waals surface area contributed by atoms with Gasteiger partial charge in [0.1, 0.15) is 11.2 Å². The smallest absolute Gasteiger partial charge is 0.143 e. The van der Waals surface area contributed by atoms with Crippen LogP contribution in [-0.2, 0) is 0 Å². The summed E-state index contributed by atoms with van der Waals surface area (Å²) in [4.78, 5) is 3.95. The Morgan fingerprint density at radius 1 is 0.318 bits per heavy atom. The Bertz CT molecular complexity index is 2840. The molecule has 0 spiro atoms. The van der Waals surface area contributed by atoms with E-state index in [-0.39, 0.29) is 0 Å². The van der Waals surface area contributed by atoms with Crippen molar-refractivity contribution in [2.45, 2.75) is 0 Å². The molecule has 11 aromatic rings. The summed E-state index contributed by atoms with van der Waals surface area (Å²) in [5.74, 6) is 0. The standard InChI is InChI=1S/C42H23NO/c1-5-15-27-23(11-1)25-13-3-7-17-29(25)41-39(27)37-32-20-10-22-34-36(32)38(31-19-9-21-33(43-41)35(31)37)40-28-16-6-2-12-24(28)26-14-4-8-18-30(26)42(40)44-34/h1-22,43H. The molecule has 0 bridgehead atoms. The van der Waals surface area contributed by atoms with E-state index in [2.05, 4.69) is 138 Å². The fourth-order valence-corrected chi connectivity index (χ4v) is 8.24. The largest absolute Gasteiger partial charge is 0.455 e. The van der Waals surface area contributed by atoms with Gasteiger partial charge in [0.2, 0.25) is 0 Å². The second-order valence-corrected chi connectivity index (χ2v) is 12.0. The van der Waals surface area contributed by atoms with Crippen molar-refractivity contribution in [1.82, 2.24) is 4.98 Å². The molecule has 44 heavy (non-hydrogen) atoms. The highest BCUT2D eigenvalue weighted by atomic mass is 16.3. The summed E-state index contributed by atoms with van der Waals surface area (Å²) < 4.78 is 7.00. The van der Waals surface area contributed by atoms with Gasteiger partial charge in [0, 0.05) is 48.6 Å². The normalized spacial score (nSPS) is 12.5. The third kappa shape index (κ3) is 2.63. The van der Waals surface area contributed by atoms with Crippen LogP contribution < -0.4 is 0 Å². The quantitative estimate of drug-likeness (QED) is 0.146. The maximum atomic E-state index is 7.00. The minimum absolute atomic E-state index is 0.916. The molecule has 0 saturated heterocycles. The van der Waals surface area contributed by atoms with E-state index in [1.165, 1.54) is 86.3 Å². The molecule has 11 rings (SSSR count). The highest BCUT2D eigenvalue weighted by Crippen LogP contribution is 2.50. The van der Waals surface area contributed by atoms with E-state index in [0.29, 0.717) is 0 Å². The molecule has 1 N–H and O–H groups in total. The van der Waals surface area contributed by atoms with Gasteiger partial charge in [-0.25, -0.2) is 0 Å².